The zero-order valence-corrected chi connectivity index (χ0v) is 14.5. The number of anilines is 1. The second-order valence-corrected chi connectivity index (χ2v) is 6.68. The van der Waals surface area contributed by atoms with Crippen LogP contribution in [0.4, 0.5) is 18.9 Å². The average molecular weight is 363 g/mol. The van der Waals surface area contributed by atoms with Crippen LogP contribution < -0.4 is 4.90 Å². The molecule has 3 rings (SSSR count). The third kappa shape index (κ3) is 4.04. The summed E-state index contributed by atoms with van der Waals surface area (Å²) in [6, 6.07) is 14.7. The smallest absolute Gasteiger partial charge is 0.378 e. The van der Waals surface area contributed by atoms with Crippen molar-refractivity contribution in [1.29, 1.82) is 0 Å². The summed E-state index contributed by atoms with van der Waals surface area (Å²) < 4.78 is 39.1. The number of halogens is 3. The van der Waals surface area contributed by atoms with Crippen molar-refractivity contribution in [2.24, 2.45) is 0 Å². The summed E-state index contributed by atoms with van der Waals surface area (Å²) in [5.41, 5.74) is 2.39. The Morgan fingerprint density at radius 2 is 1.64 bits per heavy atom. The molecule has 7 heteroatoms. The molecule has 25 heavy (non-hydrogen) atoms. The van der Waals surface area contributed by atoms with E-state index in [1.165, 1.54) is 11.8 Å². The van der Waals surface area contributed by atoms with Crippen molar-refractivity contribution in [3.63, 3.8) is 0 Å². The molecule has 0 atom stereocenters. The van der Waals surface area contributed by atoms with E-state index in [1.807, 2.05) is 43.3 Å². The van der Waals surface area contributed by atoms with Crippen LogP contribution in [-0.4, -0.2) is 24.1 Å². The molecular weight excluding hydrogens is 347 g/mol. The van der Waals surface area contributed by atoms with E-state index in [0.29, 0.717) is 21.7 Å². The molecule has 0 spiro atoms. The van der Waals surface area contributed by atoms with Gasteiger partial charge in [0.15, 0.2) is 0 Å². The van der Waals surface area contributed by atoms with E-state index >= 15 is 0 Å². The lowest BCUT2D eigenvalue weighted by molar-refractivity contribution is -0.145. The zero-order valence-electron chi connectivity index (χ0n) is 13.7. The molecular formula is C18H16F3N3S. The molecule has 0 amide bonds. The molecule has 0 unspecified atom stereocenters. The van der Waals surface area contributed by atoms with Gasteiger partial charge in [-0.05, 0) is 23.8 Å². The molecule has 0 bridgehead atoms. The number of aromatic nitrogens is 2. The Balaban J connectivity index is 1.89. The summed E-state index contributed by atoms with van der Waals surface area (Å²) in [6.07, 6.45) is -4.56. The summed E-state index contributed by atoms with van der Waals surface area (Å²) in [6.45, 7) is 0. The highest BCUT2D eigenvalue weighted by Crippen LogP contribution is 2.33. The number of hydrogen-bond acceptors (Lipinski definition) is 4. The van der Waals surface area contributed by atoms with Crippen LogP contribution in [0.3, 0.4) is 0 Å². The summed E-state index contributed by atoms with van der Waals surface area (Å²) in [5.74, 6) is -0.567. The van der Waals surface area contributed by atoms with Crippen LogP contribution in [0.15, 0.2) is 53.6 Å². The molecule has 3 nitrogen and oxygen atoms in total. The fourth-order valence-corrected chi connectivity index (χ4v) is 3.30. The van der Waals surface area contributed by atoms with Gasteiger partial charge in [-0.2, -0.15) is 13.2 Å². The highest BCUT2D eigenvalue weighted by molar-refractivity contribution is 7.98. The lowest BCUT2D eigenvalue weighted by atomic mass is 10.2. The number of alkyl halides is 3. The Labute approximate surface area is 147 Å². The Morgan fingerprint density at radius 3 is 2.28 bits per heavy atom. The predicted octanol–water partition coefficient (Wildman–Crippen LogP) is 5.01. The second-order valence-electron chi connectivity index (χ2n) is 5.72. The number of fused-ring (bicyclic) bond motifs is 1. The van der Waals surface area contributed by atoms with Crippen LogP contribution in [0.2, 0.25) is 0 Å². The van der Waals surface area contributed by atoms with Gasteiger partial charge in [-0.15, -0.1) is 11.8 Å². The van der Waals surface area contributed by atoms with Crippen molar-refractivity contribution >= 4 is 28.4 Å². The molecule has 3 aromatic rings. The SMILES string of the molecule is CN(C)c1ccc(CSc2nc(C(F)(F)F)nc3ccccc23)cc1. The highest BCUT2D eigenvalue weighted by Gasteiger charge is 2.35. The maximum absolute atomic E-state index is 13.0. The van der Waals surface area contributed by atoms with Crippen LogP contribution in [0.5, 0.6) is 0 Å². The monoisotopic (exact) mass is 363 g/mol. The van der Waals surface area contributed by atoms with Gasteiger partial charge in [-0.1, -0.05) is 30.3 Å². The second kappa shape index (κ2) is 6.92. The Bertz CT molecular complexity index is 877. The molecule has 0 N–H and O–H groups in total. The number of hydrogen-bond donors (Lipinski definition) is 0. The number of benzene rings is 2. The van der Waals surface area contributed by atoms with Crippen LogP contribution >= 0.6 is 11.8 Å². The number of para-hydroxylation sites is 1. The molecule has 130 valence electrons. The van der Waals surface area contributed by atoms with E-state index < -0.39 is 12.0 Å². The first-order chi connectivity index (χ1) is 11.8. The van der Waals surface area contributed by atoms with E-state index in [2.05, 4.69) is 9.97 Å². The largest absolute Gasteiger partial charge is 0.451 e. The summed E-state index contributed by atoms with van der Waals surface area (Å²) >= 11 is 1.28. The average Bonchev–Trinajstić information content (AvgIpc) is 2.59. The Hall–Kier alpha value is -2.28. The van der Waals surface area contributed by atoms with Crippen molar-refractivity contribution in [2.45, 2.75) is 17.0 Å². The maximum Gasteiger partial charge on any atom is 0.451 e. The van der Waals surface area contributed by atoms with Gasteiger partial charge in [0.2, 0.25) is 5.82 Å². The van der Waals surface area contributed by atoms with Gasteiger partial charge < -0.3 is 4.90 Å². The zero-order chi connectivity index (χ0) is 18.0. The molecule has 0 fully saturated rings. The third-order valence-electron chi connectivity index (χ3n) is 3.65. The summed E-state index contributed by atoms with van der Waals surface area (Å²) in [5, 5.41) is 0.972. The van der Waals surface area contributed by atoms with Gasteiger partial charge >= 0.3 is 6.18 Å². The third-order valence-corrected chi connectivity index (χ3v) is 4.71. The minimum atomic E-state index is -4.56. The first-order valence-electron chi connectivity index (χ1n) is 7.57. The molecule has 1 heterocycles. The standard InChI is InChI=1S/C18H16F3N3S/c1-24(2)13-9-7-12(8-10-13)11-25-16-14-5-3-4-6-15(14)22-17(23-16)18(19,20)21/h3-10H,11H2,1-2H3. The molecule has 1 aromatic heterocycles. The lowest BCUT2D eigenvalue weighted by Crippen LogP contribution is -2.11. The molecule has 0 saturated heterocycles. The predicted molar refractivity (Wildman–Crippen MR) is 94.9 cm³/mol. The fraction of sp³-hybridized carbons (Fsp3) is 0.222. The van der Waals surface area contributed by atoms with Gasteiger partial charge in [0, 0.05) is 30.9 Å². The van der Waals surface area contributed by atoms with Crippen molar-refractivity contribution in [3.8, 4) is 0 Å². The Kier molecular flexibility index (Phi) is 4.85. The molecule has 0 aliphatic heterocycles. The summed E-state index contributed by atoms with van der Waals surface area (Å²) in [7, 11) is 3.91. The van der Waals surface area contributed by atoms with Crippen molar-refractivity contribution in [3.05, 3.63) is 59.9 Å². The van der Waals surface area contributed by atoms with Crippen molar-refractivity contribution in [2.75, 3.05) is 19.0 Å². The molecule has 0 radical (unpaired) electrons. The first-order valence-corrected chi connectivity index (χ1v) is 8.56. The summed E-state index contributed by atoms with van der Waals surface area (Å²) in [4.78, 5) is 9.38. The number of rotatable bonds is 4. The van der Waals surface area contributed by atoms with Crippen LogP contribution in [0, 0.1) is 0 Å². The van der Waals surface area contributed by atoms with E-state index in [4.69, 9.17) is 0 Å². The number of nitrogens with zero attached hydrogens (tertiary/aromatic N) is 3. The highest BCUT2D eigenvalue weighted by atomic mass is 32.2. The molecule has 0 saturated carbocycles. The molecule has 0 aliphatic rings. The van der Waals surface area contributed by atoms with E-state index in [0.717, 1.165) is 11.3 Å². The molecule has 0 aliphatic carbocycles. The van der Waals surface area contributed by atoms with E-state index in [-0.39, 0.29) is 0 Å². The van der Waals surface area contributed by atoms with Crippen molar-refractivity contribution in [1.82, 2.24) is 9.97 Å². The topological polar surface area (TPSA) is 29.0 Å². The Morgan fingerprint density at radius 1 is 0.960 bits per heavy atom. The first kappa shape index (κ1) is 17.5. The van der Waals surface area contributed by atoms with Gasteiger partial charge in [-0.25, -0.2) is 9.97 Å². The molecule has 2 aromatic carbocycles. The maximum atomic E-state index is 13.0. The van der Waals surface area contributed by atoms with Crippen molar-refractivity contribution < 1.29 is 13.2 Å². The van der Waals surface area contributed by atoms with Gasteiger partial charge in [-0.3, -0.25) is 0 Å². The normalized spacial score (nSPS) is 11.7. The quantitative estimate of drug-likeness (QED) is 0.481. The van der Waals surface area contributed by atoms with Crippen LogP contribution in [0.1, 0.15) is 11.4 Å². The number of thioether (sulfide) groups is 1. The minimum Gasteiger partial charge on any atom is -0.378 e. The minimum absolute atomic E-state index is 0.301. The fourth-order valence-electron chi connectivity index (χ4n) is 2.33. The van der Waals surface area contributed by atoms with Crippen LogP contribution in [0.25, 0.3) is 10.9 Å². The van der Waals surface area contributed by atoms with Gasteiger partial charge in [0.05, 0.1) is 5.52 Å². The van der Waals surface area contributed by atoms with Gasteiger partial charge in [0.1, 0.15) is 5.03 Å². The van der Waals surface area contributed by atoms with E-state index in [1.54, 1.807) is 24.3 Å². The lowest BCUT2D eigenvalue weighted by Gasteiger charge is -2.13. The van der Waals surface area contributed by atoms with E-state index in [9.17, 15) is 13.2 Å². The van der Waals surface area contributed by atoms with Gasteiger partial charge in [0.25, 0.3) is 0 Å². The van der Waals surface area contributed by atoms with Crippen LogP contribution in [-0.2, 0) is 11.9 Å².